The Bertz CT molecular complexity index is 635. The number of rotatable bonds is 3. The molecule has 0 N–H and O–H groups in total. The SMILES string of the molecule is CCOC(=O)c1sc(-c2ccc(C#N)cc2)cc1C. The Morgan fingerprint density at radius 1 is 1.37 bits per heavy atom. The van der Waals surface area contributed by atoms with Crippen molar-refractivity contribution in [2.75, 3.05) is 6.61 Å². The molecule has 0 saturated heterocycles. The lowest BCUT2D eigenvalue weighted by Gasteiger charge is -1.99. The Hall–Kier alpha value is -2.12. The van der Waals surface area contributed by atoms with E-state index in [1.54, 1.807) is 19.1 Å². The van der Waals surface area contributed by atoms with Crippen LogP contribution in [0, 0.1) is 18.3 Å². The van der Waals surface area contributed by atoms with Gasteiger partial charge < -0.3 is 4.74 Å². The topological polar surface area (TPSA) is 50.1 Å². The van der Waals surface area contributed by atoms with Gasteiger partial charge >= 0.3 is 5.97 Å². The monoisotopic (exact) mass is 271 g/mol. The highest BCUT2D eigenvalue weighted by molar-refractivity contribution is 7.17. The number of nitrogens with zero attached hydrogens (tertiary/aromatic N) is 1. The largest absolute Gasteiger partial charge is 0.462 e. The van der Waals surface area contributed by atoms with Crippen LogP contribution in [0.2, 0.25) is 0 Å². The van der Waals surface area contributed by atoms with Gasteiger partial charge in [0.1, 0.15) is 4.88 Å². The van der Waals surface area contributed by atoms with E-state index in [2.05, 4.69) is 6.07 Å². The van der Waals surface area contributed by atoms with Gasteiger partial charge in [-0.05, 0) is 43.2 Å². The third-order valence-electron chi connectivity index (χ3n) is 2.68. The molecular weight excluding hydrogens is 258 g/mol. The zero-order valence-corrected chi connectivity index (χ0v) is 11.6. The average Bonchev–Trinajstić information content (AvgIpc) is 2.81. The number of benzene rings is 1. The van der Waals surface area contributed by atoms with Crippen LogP contribution in [-0.2, 0) is 4.74 Å². The normalized spacial score (nSPS) is 9.95. The number of carbonyl (C=O) groups excluding carboxylic acids is 1. The van der Waals surface area contributed by atoms with Gasteiger partial charge in [-0.1, -0.05) is 12.1 Å². The molecule has 2 rings (SSSR count). The fourth-order valence-electron chi connectivity index (χ4n) is 1.73. The lowest BCUT2D eigenvalue weighted by atomic mass is 10.1. The van der Waals surface area contributed by atoms with Crippen molar-refractivity contribution >= 4 is 17.3 Å². The van der Waals surface area contributed by atoms with Crippen molar-refractivity contribution in [1.82, 2.24) is 0 Å². The number of ether oxygens (including phenoxy) is 1. The van der Waals surface area contributed by atoms with Crippen molar-refractivity contribution in [1.29, 1.82) is 5.26 Å². The molecule has 4 heteroatoms. The van der Waals surface area contributed by atoms with Crippen LogP contribution in [0.25, 0.3) is 10.4 Å². The van der Waals surface area contributed by atoms with E-state index in [0.29, 0.717) is 17.0 Å². The van der Waals surface area contributed by atoms with E-state index in [1.807, 2.05) is 25.1 Å². The molecule has 3 nitrogen and oxygen atoms in total. The molecule has 19 heavy (non-hydrogen) atoms. The first-order valence-electron chi connectivity index (χ1n) is 5.93. The van der Waals surface area contributed by atoms with Gasteiger partial charge in [-0.15, -0.1) is 11.3 Å². The van der Waals surface area contributed by atoms with Crippen LogP contribution in [0.5, 0.6) is 0 Å². The van der Waals surface area contributed by atoms with Crippen LogP contribution in [-0.4, -0.2) is 12.6 Å². The summed E-state index contributed by atoms with van der Waals surface area (Å²) >= 11 is 1.42. The highest BCUT2D eigenvalue weighted by Gasteiger charge is 2.15. The lowest BCUT2D eigenvalue weighted by molar-refractivity contribution is 0.0531. The summed E-state index contributed by atoms with van der Waals surface area (Å²) in [4.78, 5) is 13.4. The molecule has 0 aliphatic rings. The van der Waals surface area contributed by atoms with Crippen LogP contribution in [0.3, 0.4) is 0 Å². The van der Waals surface area contributed by atoms with Crippen LogP contribution in [0.15, 0.2) is 30.3 Å². The van der Waals surface area contributed by atoms with Gasteiger partial charge in [0.05, 0.1) is 18.2 Å². The first kappa shape index (κ1) is 13.3. The number of esters is 1. The predicted octanol–water partition coefficient (Wildman–Crippen LogP) is 3.77. The predicted molar refractivity (Wildman–Crippen MR) is 75.2 cm³/mol. The molecule has 0 amide bonds. The number of aryl methyl sites for hydroxylation is 1. The van der Waals surface area contributed by atoms with Crippen molar-refractivity contribution < 1.29 is 9.53 Å². The van der Waals surface area contributed by atoms with Crippen molar-refractivity contribution in [3.05, 3.63) is 46.3 Å². The summed E-state index contributed by atoms with van der Waals surface area (Å²) in [6.07, 6.45) is 0. The molecule has 96 valence electrons. The Kier molecular flexibility index (Phi) is 3.98. The van der Waals surface area contributed by atoms with Gasteiger partial charge in [0, 0.05) is 4.88 Å². The zero-order chi connectivity index (χ0) is 13.8. The molecule has 0 atom stereocenters. The van der Waals surface area contributed by atoms with E-state index >= 15 is 0 Å². The van der Waals surface area contributed by atoms with Crippen molar-refractivity contribution in [3.8, 4) is 16.5 Å². The van der Waals surface area contributed by atoms with Crippen LogP contribution in [0.4, 0.5) is 0 Å². The van der Waals surface area contributed by atoms with E-state index in [0.717, 1.165) is 16.0 Å². The van der Waals surface area contributed by atoms with E-state index < -0.39 is 0 Å². The molecule has 0 saturated carbocycles. The second-order valence-corrected chi connectivity index (χ2v) is 5.08. The van der Waals surface area contributed by atoms with Crippen LogP contribution in [0.1, 0.15) is 27.7 Å². The summed E-state index contributed by atoms with van der Waals surface area (Å²) in [5.74, 6) is -0.273. The first-order valence-corrected chi connectivity index (χ1v) is 6.75. The van der Waals surface area contributed by atoms with E-state index in [-0.39, 0.29) is 5.97 Å². The van der Waals surface area contributed by atoms with Crippen molar-refractivity contribution in [3.63, 3.8) is 0 Å². The molecule has 0 aliphatic heterocycles. The van der Waals surface area contributed by atoms with Gasteiger partial charge in [0.15, 0.2) is 0 Å². The van der Waals surface area contributed by atoms with Crippen LogP contribution >= 0.6 is 11.3 Å². The number of hydrogen-bond donors (Lipinski definition) is 0. The standard InChI is InChI=1S/C15H13NO2S/c1-3-18-15(17)14-10(2)8-13(19-14)12-6-4-11(9-16)5-7-12/h4-8H,3H2,1-2H3. The van der Waals surface area contributed by atoms with E-state index in [9.17, 15) is 4.79 Å². The Morgan fingerprint density at radius 2 is 2.05 bits per heavy atom. The minimum Gasteiger partial charge on any atom is -0.462 e. The smallest absolute Gasteiger partial charge is 0.348 e. The van der Waals surface area contributed by atoms with Crippen molar-refractivity contribution in [2.45, 2.75) is 13.8 Å². The second-order valence-electron chi connectivity index (χ2n) is 4.03. The van der Waals surface area contributed by atoms with Gasteiger partial charge in [-0.25, -0.2) is 4.79 Å². The zero-order valence-electron chi connectivity index (χ0n) is 10.8. The molecule has 0 radical (unpaired) electrons. The molecule has 0 spiro atoms. The van der Waals surface area contributed by atoms with Crippen molar-refractivity contribution in [2.24, 2.45) is 0 Å². The number of thiophene rings is 1. The van der Waals surface area contributed by atoms with E-state index in [1.165, 1.54) is 11.3 Å². The Labute approximate surface area is 116 Å². The number of hydrogen-bond acceptors (Lipinski definition) is 4. The molecule has 2 aromatic rings. The summed E-state index contributed by atoms with van der Waals surface area (Å²) in [5.41, 5.74) is 2.55. The average molecular weight is 271 g/mol. The molecule has 0 unspecified atom stereocenters. The molecule has 0 aliphatic carbocycles. The quantitative estimate of drug-likeness (QED) is 0.798. The number of carbonyl (C=O) groups is 1. The summed E-state index contributed by atoms with van der Waals surface area (Å²) < 4.78 is 5.02. The van der Waals surface area contributed by atoms with Gasteiger partial charge in [0.2, 0.25) is 0 Å². The highest BCUT2D eigenvalue weighted by atomic mass is 32.1. The maximum atomic E-state index is 11.8. The Morgan fingerprint density at radius 3 is 2.63 bits per heavy atom. The third-order valence-corrected chi connectivity index (χ3v) is 3.94. The van der Waals surface area contributed by atoms with Gasteiger partial charge in [-0.3, -0.25) is 0 Å². The maximum absolute atomic E-state index is 11.8. The fourth-order valence-corrected chi connectivity index (χ4v) is 2.80. The molecule has 0 fully saturated rings. The molecule has 1 heterocycles. The minimum absolute atomic E-state index is 0.273. The second kappa shape index (κ2) is 5.68. The summed E-state index contributed by atoms with van der Waals surface area (Å²) in [6.45, 7) is 4.07. The molecule has 1 aromatic carbocycles. The molecule has 0 bridgehead atoms. The lowest BCUT2D eigenvalue weighted by Crippen LogP contribution is -2.03. The number of nitriles is 1. The summed E-state index contributed by atoms with van der Waals surface area (Å²) in [7, 11) is 0. The summed E-state index contributed by atoms with van der Waals surface area (Å²) in [6, 6.07) is 11.4. The van der Waals surface area contributed by atoms with Gasteiger partial charge in [-0.2, -0.15) is 5.26 Å². The van der Waals surface area contributed by atoms with E-state index in [4.69, 9.17) is 10.00 Å². The minimum atomic E-state index is -0.273. The van der Waals surface area contributed by atoms with Crippen LogP contribution < -0.4 is 0 Å². The highest BCUT2D eigenvalue weighted by Crippen LogP contribution is 2.31. The molecular formula is C15H13NO2S. The maximum Gasteiger partial charge on any atom is 0.348 e. The fraction of sp³-hybridized carbons (Fsp3) is 0.200. The van der Waals surface area contributed by atoms with Gasteiger partial charge in [0.25, 0.3) is 0 Å². The first-order chi connectivity index (χ1) is 9.15. The molecule has 1 aromatic heterocycles. The Balaban J connectivity index is 2.33. The summed E-state index contributed by atoms with van der Waals surface area (Å²) in [5, 5.41) is 8.77. The third kappa shape index (κ3) is 2.83.